The Balaban J connectivity index is 1.95. The van der Waals surface area contributed by atoms with Crippen molar-refractivity contribution < 1.29 is 14.3 Å². The second-order valence-electron chi connectivity index (χ2n) is 6.57. The molecule has 2 aliphatic rings. The predicted octanol–water partition coefficient (Wildman–Crippen LogP) is 3.20. The van der Waals surface area contributed by atoms with E-state index in [1.54, 1.807) is 0 Å². The van der Waals surface area contributed by atoms with Gasteiger partial charge in [0.05, 0.1) is 6.61 Å². The number of carbonyl (C=O) groups excluding carboxylic acids is 2. The fourth-order valence-electron chi connectivity index (χ4n) is 3.76. The van der Waals surface area contributed by atoms with Gasteiger partial charge < -0.3 is 4.74 Å². The first-order chi connectivity index (χ1) is 10.5. The first-order valence-corrected chi connectivity index (χ1v) is 7.90. The number of carbonyl (C=O) groups is 2. The zero-order valence-electron chi connectivity index (χ0n) is 13.4. The largest absolute Gasteiger partial charge is 0.381 e. The average Bonchev–Trinajstić information content (AvgIpc) is 3.02. The fourth-order valence-corrected chi connectivity index (χ4v) is 3.76. The van der Waals surface area contributed by atoms with Crippen LogP contribution in [0.4, 0.5) is 0 Å². The van der Waals surface area contributed by atoms with E-state index in [2.05, 4.69) is 12.1 Å². The van der Waals surface area contributed by atoms with Crippen molar-refractivity contribution >= 4 is 11.6 Å². The lowest BCUT2D eigenvalue weighted by molar-refractivity contribution is -0.123. The van der Waals surface area contributed by atoms with Gasteiger partial charge >= 0.3 is 0 Å². The number of ether oxygens (including phenoxy) is 1. The number of allylic oxidation sites excluding steroid dienone is 1. The lowest BCUT2D eigenvalue weighted by Gasteiger charge is -2.15. The van der Waals surface area contributed by atoms with E-state index in [1.165, 1.54) is 0 Å². The molecule has 1 aliphatic heterocycles. The molecule has 1 aromatic rings. The molecule has 3 nitrogen and oxygen atoms in total. The van der Waals surface area contributed by atoms with Crippen LogP contribution in [0.15, 0.2) is 23.8 Å². The van der Waals surface area contributed by atoms with Crippen LogP contribution in [0.1, 0.15) is 41.0 Å². The Labute approximate surface area is 131 Å². The highest BCUT2D eigenvalue weighted by atomic mass is 16.5. The molecule has 0 radical (unpaired) electrons. The number of ketones is 2. The average molecular weight is 298 g/mol. The molecular weight excluding hydrogens is 276 g/mol. The number of hydrogen-bond acceptors (Lipinski definition) is 3. The Bertz CT molecular complexity index is 640. The minimum Gasteiger partial charge on any atom is -0.381 e. The summed E-state index contributed by atoms with van der Waals surface area (Å²) in [6.07, 6.45) is 3.19. The second kappa shape index (κ2) is 5.81. The van der Waals surface area contributed by atoms with E-state index < -0.39 is 5.92 Å². The molecule has 3 rings (SSSR count). The number of rotatable bonds is 2. The zero-order chi connectivity index (χ0) is 15.9. The maximum absolute atomic E-state index is 12.8. The van der Waals surface area contributed by atoms with Crippen molar-refractivity contribution in [3.05, 3.63) is 46.0 Å². The van der Waals surface area contributed by atoms with E-state index in [1.807, 2.05) is 26.8 Å². The van der Waals surface area contributed by atoms with E-state index in [4.69, 9.17) is 4.74 Å². The smallest absolute Gasteiger partial charge is 0.173 e. The Morgan fingerprint density at radius 3 is 2.41 bits per heavy atom. The molecule has 1 aromatic carbocycles. The summed E-state index contributed by atoms with van der Waals surface area (Å²) < 4.78 is 5.35. The predicted molar refractivity (Wildman–Crippen MR) is 85.0 cm³/mol. The van der Waals surface area contributed by atoms with Crippen molar-refractivity contribution in [2.24, 2.45) is 5.92 Å². The molecular formula is C19H22O3. The molecule has 3 heteroatoms. The topological polar surface area (TPSA) is 43.4 Å². The Morgan fingerprint density at radius 1 is 1.14 bits per heavy atom. The summed E-state index contributed by atoms with van der Waals surface area (Å²) in [6, 6.07) is 4.10. The molecule has 1 saturated heterocycles. The molecule has 116 valence electrons. The van der Waals surface area contributed by atoms with Gasteiger partial charge in [0.25, 0.3) is 0 Å². The molecule has 2 unspecified atom stereocenters. The maximum Gasteiger partial charge on any atom is 0.173 e. The van der Waals surface area contributed by atoms with Gasteiger partial charge in [0.1, 0.15) is 5.92 Å². The first-order valence-electron chi connectivity index (χ1n) is 7.90. The Hall–Kier alpha value is -1.74. The van der Waals surface area contributed by atoms with Gasteiger partial charge in [-0.3, -0.25) is 9.59 Å². The normalized spacial score (nSPS) is 27.1. The van der Waals surface area contributed by atoms with E-state index in [9.17, 15) is 9.59 Å². The summed E-state index contributed by atoms with van der Waals surface area (Å²) in [5.41, 5.74) is 4.83. The SMILES string of the molecule is Cc1cc(C)c(C2C(=O)C/C(=C/C3CCOC3)C2=O)c(C)c1. The molecule has 0 amide bonds. The molecule has 0 spiro atoms. The lowest BCUT2D eigenvalue weighted by atomic mass is 9.87. The molecule has 22 heavy (non-hydrogen) atoms. The van der Waals surface area contributed by atoms with Crippen molar-refractivity contribution in [1.82, 2.24) is 0 Å². The summed E-state index contributed by atoms with van der Waals surface area (Å²) >= 11 is 0. The maximum atomic E-state index is 12.8. The van der Waals surface area contributed by atoms with E-state index >= 15 is 0 Å². The summed E-state index contributed by atoms with van der Waals surface area (Å²) in [4.78, 5) is 25.2. The minimum atomic E-state index is -0.603. The van der Waals surface area contributed by atoms with Crippen molar-refractivity contribution in [1.29, 1.82) is 0 Å². The molecule has 2 atom stereocenters. The van der Waals surface area contributed by atoms with Gasteiger partial charge in [-0.1, -0.05) is 23.8 Å². The van der Waals surface area contributed by atoms with Crippen LogP contribution in [-0.4, -0.2) is 24.8 Å². The summed E-state index contributed by atoms with van der Waals surface area (Å²) in [5.74, 6) is -0.294. The molecule has 0 aromatic heterocycles. The lowest BCUT2D eigenvalue weighted by Crippen LogP contribution is -2.15. The number of aryl methyl sites for hydroxylation is 3. The van der Waals surface area contributed by atoms with Crippen molar-refractivity contribution in [3.8, 4) is 0 Å². The van der Waals surface area contributed by atoms with Crippen LogP contribution in [0.5, 0.6) is 0 Å². The van der Waals surface area contributed by atoms with Gasteiger partial charge in [0.15, 0.2) is 11.6 Å². The Kier molecular flexibility index (Phi) is 4.00. The molecule has 1 aliphatic carbocycles. The van der Waals surface area contributed by atoms with E-state index in [0.717, 1.165) is 35.3 Å². The minimum absolute atomic E-state index is 0.00745. The number of hydrogen-bond donors (Lipinski definition) is 0. The third kappa shape index (κ3) is 2.66. The van der Waals surface area contributed by atoms with Crippen LogP contribution in [0, 0.1) is 26.7 Å². The van der Waals surface area contributed by atoms with Crippen molar-refractivity contribution in [2.45, 2.75) is 39.5 Å². The van der Waals surface area contributed by atoms with Crippen LogP contribution >= 0.6 is 0 Å². The third-order valence-corrected chi connectivity index (χ3v) is 4.69. The molecule has 0 bridgehead atoms. The highest BCUT2D eigenvalue weighted by Crippen LogP contribution is 2.36. The highest BCUT2D eigenvalue weighted by Gasteiger charge is 2.40. The van der Waals surface area contributed by atoms with E-state index in [0.29, 0.717) is 12.2 Å². The van der Waals surface area contributed by atoms with Gasteiger partial charge in [-0.05, 0) is 43.9 Å². The van der Waals surface area contributed by atoms with Gasteiger partial charge in [-0.2, -0.15) is 0 Å². The Morgan fingerprint density at radius 2 is 1.82 bits per heavy atom. The van der Waals surface area contributed by atoms with Crippen molar-refractivity contribution in [3.63, 3.8) is 0 Å². The van der Waals surface area contributed by atoms with Crippen LogP contribution in [0.3, 0.4) is 0 Å². The molecule has 0 N–H and O–H groups in total. The van der Waals surface area contributed by atoms with Crippen LogP contribution in [0.2, 0.25) is 0 Å². The molecule has 1 saturated carbocycles. The van der Waals surface area contributed by atoms with Gasteiger partial charge in [0.2, 0.25) is 0 Å². The number of benzene rings is 1. The number of Topliss-reactive ketones (excluding diaryl/α,β-unsaturated/α-hetero) is 2. The van der Waals surface area contributed by atoms with E-state index in [-0.39, 0.29) is 23.9 Å². The van der Waals surface area contributed by atoms with Gasteiger partial charge in [-0.25, -0.2) is 0 Å². The molecule has 1 heterocycles. The second-order valence-corrected chi connectivity index (χ2v) is 6.57. The van der Waals surface area contributed by atoms with Gasteiger partial charge in [0, 0.05) is 24.5 Å². The fraction of sp³-hybridized carbons (Fsp3) is 0.474. The van der Waals surface area contributed by atoms with Crippen LogP contribution < -0.4 is 0 Å². The quantitative estimate of drug-likeness (QED) is 0.622. The molecule has 2 fully saturated rings. The summed E-state index contributed by atoms with van der Waals surface area (Å²) in [5, 5.41) is 0. The first kappa shape index (κ1) is 15.2. The van der Waals surface area contributed by atoms with Gasteiger partial charge in [-0.15, -0.1) is 0 Å². The van der Waals surface area contributed by atoms with Crippen LogP contribution in [-0.2, 0) is 14.3 Å². The summed E-state index contributed by atoms with van der Waals surface area (Å²) in [6.45, 7) is 7.42. The third-order valence-electron chi connectivity index (χ3n) is 4.69. The summed E-state index contributed by atoms with van der Waals surface area (Å²) in [7, 11) is 0. The highest BCUT2D eigenvalue weighted by molar-refractivity contribution is 6.23. The zero-order valence-corrected chi connectivity index (χ0v) is 13.4. The standard InChI is InChI=1S/C19H22O3/c1-11-6-12(2)17(13(3)7-11)18-16(20)9-15(19(18)21)8-14-4-5-22-10-14/h6-8,14,18H,4-5,9-10H2,1-3H3/b15-8-. The van der Waals surface area contributed by atoms with Crippen molar-refractivity contribution in [2.75, 3.05) is 13.2 Å². The van der Waals surface area contributed by atoms with Crippen LogP contribution in [0.25, 0.3) is 0 Å². The monoisotopic (exact) mass is 298 g/mol.